The van der Waals surface area contributed by atoms with E-state index in [-0.39, 0.29) is 46.0 Å². The summed E-state index contributed by atoms with van der Waals surface area (Å²) in [6, 6.07) is 5.39. The number of nitrogens with zero attached hydrogens (tertiary/aromatic N) is 4. The number of anilines is 1. The van der Waals surface area contributed by atoms with Crippen molar-refractivity contribution in [1.82, 2.24) is 19.3 Å². The SMILES string of the molecule is CC(C)Oc1nc2nn(C34CCC(C)(C3)OC4)cc2cc1C(=O)Nc1cccn(C2CC2)c1=O. The van der Waals surface area contributed by atoms with Crippen LogP contribution in [0.3, 0.4) is 0 Å². The summed E-state index contributed by atoms with van der Waals surface area (Å²) in [5, 5.41) is 8.29. The van der Waals surface area contributed by atoms with Crippen LogP contribution in [0.15, 0.2) is 35.4 Å². The molecule has 178 valence electrons. The van der Waals surface area contributed by atoms with Crippen LogP contribution in [0, 0.1) is 0 Å². The maximum atomic E-state index is 13.3. The number of hydrogen-bond donors (Lipinski definition) is 1. The summed E-state index contributed by atoms with van der Waals surface area (Å²) in [5.74, 6) is -0.223. The van der Waals surface area contributed by atoms with Crippen LogP contribution in [-0.4, -0.2) is 43.6 Å². The number of ether oxygens (including phenoxy) is 2. The molecule has 2 unspecified atom stereocenters. The Morgan fingerprint density at radius 2 is 2.15 bits per heavy atom. The summed E-state index contributed by atoms with van der Waals surface area (Å²) < 4.78 is 15.6. The van der Waals surface area contributed by atoms with E-state index in [9.17, 15) is 9.59 Å². The first-order valence-electron chi connectivity index (χ1n) is 12.0. The molecule has 0 spiro atoms. The predicted octanol–water partition coefficient (Wildman–Crippen LogP) is 3.64. The molecule has 3 aromatic heterocycles. The average molecular weight is 464 g/mol. The van der Waals surface area contributed by atoms with Crippen LogP contribution in [0.2, 0.25) is 0 Å². The minimum Gasteiger partial charge on any atom is -0.474 e. The fourth-order valence-electron chi connectivity index (χ4n) is 5.28. The molecule has 4 heterocycles. The van der Waals surface area contributed by atoms with Gasteiger partial charge < -0.3 is 19.4 Å². The van der Waals surface area contributed by atoms with Gasteiger partial charge in [0.2, 0.25) is 5.88 Å². The Labute approximate surface area is 197 Å². The largest absolute Gasteiger partial charge is 0.474 e. The van der Waals surface area contributed by atoms with E-state index in [0.29, 0.717) is 12.3 Å². The molecule has 1 amide bonds. The maximum absolute atomic E-state index is 13.3. The van der Waals surface area contributed by atoms with Crippen molar-refractivity contribution in [3.8, 4) is 5.88 Å². The molecule has 2 saturated carbocycles. The smallest absolute Gasteiger partial charge is 0.274 e. The molecule has 6 rings (SSSR count). The van der Waals surface area contributed by atoms with Crippen molar-refractivity contribution in [1.29, 1.82) is 0 Å². The second-order valence-electron chi connectivity index (χ2n) is 10.5. The van der Waals surface area contributed by atoms with Crippen molar-refractivity contribution in [3.63, 3.8) is 0 Å². The first kappa shape index (κ1) is 21.3. The topological polar surface area (TPSA) is 100 Å². The van der Waals surface area contributed by atoms with Gasteiger partial charge in [0.1, 0.15) is 11.3 Å². The van der Waals surface area contributed by atoms with Crippen molar-refractivity contribution in [2.75, 3.05) is 11.9 Å². The number of fused-ring (bicyclic) bond motifs is 3. The third kappa shape index (κ3) is 3.50. The van der Waals surface area contributed by atoms with E-state index in [2.05, 4.69) is 17.2 Å². The lowest BCUT2D eigenvalue weighted by Crippen LogP contribution is -2.33. The standard InChI is InChI=1S/C25H29N5O4/c1-15(2)34-22-18(21(31)26-19-5-4-10-29(23(19)32)17-6-7-17)11-16-12-30(28-20(16)27-22)25-9-8-24(3,13-25)33-14-25/h4-5,10-12,15,17H,6-9,13-14H2,1-3H3,(H,26,31). The van der Waals surface area contributed by atoms with E-state index in [1.54, 1.807) is 29.0 Å². The van der Waals surface area contributed by atoms with E-state index >= 15 is 0 Å². The number of pyridine rings is 2. The second kappa shape index (κ2) is 7.40. The second-order valence-corrected chi connectivity index (χ2v) is 10.5. The van der Waals surface area contributed by atoms with Crippen molar-refractivity contribution in [2.24, 2.45) is 0 Å². The lowest BCUT2D eigenvalue weighted by molar-refractivity contribution is -0.0149. The summed E-state index contributed by atoms with van der Waals surface area (Å²) >= 11 is 0. The van der Waals surface area contributed by atoms with E-state index in [0.717, 1.165) is 37.5 Å². The number of rotatable bonds is 6. The molecule has 1 aliphatic heterocycles. The van der Waals surface area contributed by atoms with Gasteiger partial charge in [0, 0.05) is 30.2 Å². The van der Waals surface area contributed by atoms with Crippen LogP contribution in [0.4, 0.5) is 5.69 Å². The number of aromatic nitrogens is 4. The number of carbonyl (C=O) groups is 1. The third-order valence-corrected chi connectivity index (χ3v) is 7.21. The summed E-state index contributed by atoms with van der Waals surface area (Å²) in [5.41, 5.74) is 0.589. The van der Waals surface area contributed by atoms with Gasteiger partial charge in [0.25, 0.3) is 11.5 Å². The zero-order chi connectivity index (χ0) is 23.7. The van der Waals surface area contributed by atoms with Gasteiger partial charge in [0.05, 0.1) is 23.9 Å². The van der Waals surface area contributed by atoms with E-state index in [1.807, 2.05) is 24.7 Å². The van der Waals surface area contributed by atoms with Gasteiger partial charge in [-0.05, 0) is 64.7 Å². The Morgan fingerprint density at radius 3 is 2.79 bits per heavy atom. The van der Waals surface area contributed by atoms with Crippen molar-refractivity contribution in [3.05, 3.63) is 46.5 Å². The zero-order valence-electron chi connectivity index (χ0n) is 19.7. The van der Waals surface area contributed by atoms with Gasteiger partial charge in [-0.3, -0.25) is 14.3 Å². The number of carbonyl (C=O) groups excluding carboxylic acids is 1. The van der Waals surface area contributed by atoms with Gasteiger partial charge in [-0.15, -0.1) is 0 Å². The molecule has 0 aromatic carbocycles. The highest BCUT2D eigenvalue weighted by Crippen LogP contribution is 2.51. The predicted molar refractivity (Wildman–Crippen MR) is 126 cm³/mol. The van der Waals surface area contributed by atoms with Crippen LogP contribution in [0.1, 0.15) is 69.3 Å². The van der Waals surface area contributed by atoms with E-state index in [4.69, 9.17) is 14.6 Å². The molecule has 1 N–H and O–H groups in total. The fourth-order valence-corrected chi connectivity index (χ4v) is 5.28. The Kier molecular flexibility index (Phi) is 4.64. The van der Waals surface area contributed by atoms with Gasteiger partial charge in [0.15, 0.2) is 5.65 Å². The molecule has 34 heavy (non-hydrogen) atoms. The Bertz CT molecular complexity index is 1350. The van der Waals surface area contributed by atoms with Gasteiger partial charge in [-0.1, -0.05) is 0 Å². The Balaban J connectivity index is 1.37. The Morgan fingerprint density at radius 1 is 1.32 bits per heavy atom. The molecule has 2 atom stereocenters. The number of amides is 1. The van der Waals surface area contributed by atoms with Crippen LogP contribution < -0.4 is 15.6 Å². The molecule has 9 heteroatoms. The van der Waals surface area contributed by atoms with Crippen LogP contribution >= 0.6 is 0 Å². The molecular weight excluding hydrogens is 434 g/mol. The van der Waals surface area contributed by atoms with Crippen molar-refractivity contribution in [2.45, 2.75) is 76.2 Å². The molecule has 9 nitrogen and oxygen atoms in total. The normalized spacial score (nSPS) is 25.9. The minimum absolute atomic E-state index is 0.0917. The van der Waals surface area contributed by atoms with Gasteiger partial charge in [-0.2, -0.15) is 10.1 Å². The van der Waals surface area contributed by atoms with Crippen LogP contribution in [-0.2, 0) is 10.3 Å². The fraction of sp³-hybridized carbons (Fsp3) is 0.520. The highest BCUT2D eigenvalue weighted by Gasteiger charge is 2.55. The highest BCUT2D eigenvalue weighted by atomic mass is 16.5. The molecule has 2 bridgehead atoms. The average Bonchev–Trinajstić information content (AvgIpc) is 3.32. The monoisotopic (exact) mass is 463 g/mol. The molecule has 1 saturated heterocycles. The molecule has 3 aromatic rings. The lowest BCUT2D eigenvalue weighted by Gasteiger charge is -2.26. The number of nitrogens with one attached hydrogen (secondary N) is 1. The molecule has 3 fully saturated rings. The first-order valence-corrected chi connectivity index (χ1v) is 12.0. The van der Waals surface area contributed by atoms with Crippen LogP contribution in [0.25, 0.3) is 11.0 Å². The van der Waals surface area contributed by atoms with Crippen LogP contribution in [0.5, 0.6) is 5.88 Å². The van der Waals surface area contributed by atoms with Gasteiger partial charge >= 0.3 is 0 Å². The zero-order valence-corrected chi connectivity index (χ0v) is 19.7. The number of hydrogen-bond acceptors (Lipinski definition) is 6. The van der Waals surface area contributed by atoms with E-state index < -0.39 is 5.91 Å². The maximum Gasteiger partial charge on any atom is 0.274 e. The minimum atomic E-state index is -0.431. The third-order valence-electron chi connectivity index (χ3n) is 7.21. The molecule has 2 aliphatic carbocycles. The van der Waals surface area contributed by atoms with E-state index in [1.165, 1.54) is 0 Å². The van der Waals surface area contributed by atoms with Crippen molar-refractivity contribution >= 4 is 22.6 Å². The summed E-state index contributed by atoms with van der Waals surface area (Å²) in [6.07, 6.45) is 8.42. The van der Waals surface area contributed by atoms with Crippen molar-refractivity contribution < 1.29 is 14.3 Å². The Hall–Kier alpha value is -3.20. The first-order chi connectivity index (χ1) is 16.3. The highest BCUT2D eigenvalue weighted by molar-refractivity contribution is 6.07. The molecular formula is C25H29N5O4. The summed E-state index contributed by atoms with van der Waals surface area (Å²) in [6.45, 7) is 6.54. The quantitative estimate of drug-likeness (QED) is 0.599. The van der Waals surface area contributed by atoms with Gasteiger partial charge in [-0.25, -0.2) is 0 Å². The summed E-state index contributed by atoms with van der Waals surface area (Å²) in [7, 11) is 0. The molecule has 3 aliphatic rings. The molecule has 0 radical (unpaired) electrons. The lowest BCUT2D eigenvalue weighted by atomic mass is 9.99. The summed E-state index contributed by atoms with van der Waals surface area (Å²) in [4.78, 5) is 30.7.